The number of hydrogen-bond donors (Lipinski definition) is 1. The first-order valence-electron chi connectivity index (χ1n) is 6.01. The van der Waals surface area contributed by atoms with Crippen LogP contribution in [0.25, 0.3) is 0 Å². The van der Waals surface area contributed by atoms with E-state index in [0.717, 1.165) is 0 Å². The number of nitro groups is 1. The number of benzene rings is 1. The minimum Gasteiger partial charge on any atom is -0.300 e. The number of nitro benzene ring substituents is 1. The molecule has 0 radical (unpaired) electrons. The first-order chi connectivity index (χ1) is 9.49. The molecule has 7 heteroatoms. The summed E-state index contributed by atoms with van der Waals surface area (Å²) in [4.78, 5) is 35.5. The number of aromatic amines is 1. The molecule has 0 spiro atoms. The predicted molar refractivity (Wildman–Crippen MR) is 72.9 cm³/mol. The van der Waals surface area contributed by atoms with E-state index in [1.165, 1.54) is 16.8 Å². The average Bonchev–Trinajstić information content (AvgIpc) is 2.41. The molecule has 0 aliphatic carbocycles. The van der Waals surface area contributed by atoms with E-state index in [2.05, 4.69) is 4.98 Å². The fourth-order valence-electron chi connectivity index (χ4n) is 1.93. The van der Waals surface area contributed by atoms with Gasteiger partial charge in [0.1, 0.15) is 0 Å². The highest BCUT2D eigenvalue weighted by molar-refractivity contribution is 5.39. The molecule has 20 heavy (non-hydrogen) atoms. The van der Waals surface area contributed by atoms with Crippen LogP contribution in [0.2, 0.25) is 0 Å². The molecule has 1 aromatic carbocycles. The number of rotatable bonds is 4. The van der Waals surface area contributed by atoms with Crippen LogP contribution in [0.4, 0.5) is 5.69 Å². The largest absolute Gasteiger partial charge is 0.328 e. The molecule has 0 atom stereocenters. The van der Waals surface area contributed by atoms with E-state index in [1.54, 1.807) is 25.1 Å². The summed E-state index contributed by atoms with van der Waals surface area (Å²) in [5.41, 5.74) is 0.0678. The minimum absolute atomic E-state index is 0.0293. The molecule has 1 aromatic heterocycles. The first-order valence-corrected chi connectivity index (χ1v) is 6.01. The molecule has 1 N–H and O–H groups in total. The highest BCUT2D eigenvalue weighted by atomic mass is 16.6. The van der Waals surface area contributed by atoms with Crippen molar-refractivity contribution >= 4 is 5.69 Å². The highest BCUT2D eigenvalue weighted by Crippen LogP contribution is 2.18. The SMILES string of the molecule is Cc1cn(CCc2ccccc2[N+](=O)[O-])c(=O)[nH]c1=O. The van der Waals surface area contributed by atoms with Crippen LogP contribution in [-0.4, -0.2) is 14.5 Å². The Morgan fingerprint density at radius 2 is 2.00 bits per heavy atom. The van der Waals surface area contributed by atoms with E-state index in [9.17, 15) is 19.7 Å². The van der Waals surface area contributed by atoms with Crippen molar-refractivity contribution in [3.63, 3.8) is 0 Å². The number of aryl methyl sites for hydroxylation is 3. The normalized spacial score (nSPS) is 10.4. The van der Waals surface area contributed by atoms with Gasteiger partial charge in [0.05, 0.1) is 4.92 Å². The van der Waals surface area contributed by atoms with Crippen LogP contribution in [0.15, 0.2) is 40.1 Å². The van der Waals surface area contributed by atoms with Gasteiger partial charge < -0.3 is 0 Å². The summed E-state index contributed by atoms with van der Waals surface area (Å²) in [5, 5.41) is 10.9. The molecule has 0 bridgehead atoms. The van der Waals surface area contributed by atoms with Crippen LogP contribution in [0, 0.1) is 17.0 Å². The summed E-state index contributed by atoms with van der Waals surface area (Å²) in [5.74, 6) is 0. The zero-order valence-electron chi connectivity index (χ0n) is 10.8. The van der Waals surface area contributed by atoms with E-state index >= 15 is 0 Å². The number of para-hydroxylation sites is 1. The lowest BCUT2D eigenvalue weighted by atomic mass is 10.1. The maximum absolute atomic E-state index is 11.6. The summed E-state index contributed by atoms with van der Waals surface area (Å²) in [7, 11) is 0. The summed E-state index contributed by atoms with van der Waals surface area (Å²) in [6.07, 6.45) is 1.79. The Balaban J connectivity index is 2.26. The zero-order chi connectivity index (χ0) is 14.7. The van der Waals surface area contributed by atoms with Gasteiger partial charge in [0, 0.05) is 29.9 Å². The lowest BCUT2D eigenvalue weighted by Crippen LogP contribution is -2.31. The van der Waals surface area contributed by atoms with Crippen molar-refractivity contribution in [3.8, 4) is 0 Å². The Morgan fingerprint density at radius 3 is 2.70 bits per heavy atom. The molecule has 0 fully saturated rings. The van der Waals surface area contributed by atoms with Crippen LogP contribution in [0.5, 0.6) is 0 Å². The first kappa shape index (κ1) is 13.7. The van der Waals surface area contributed by atoms with Crippen molar-refractivity contribution in [3.05, 3.63) is 72.5 Å². The summed E-state index contributed by atoms with van der Waals surface area (Å²) < 4.78 is 1.34. The topological polar surface area (TPSA) is 98.0 Å². The Hall–Kier alpha value is -2.70. The smallest absolute Gasteiger partial charge is 0.300 e. The van der Waals surface area contributed by atoms with Crippen molar-refractivity contribution in [2.75, 3.05) is 0 Å². The van der Waals surface area contributed by atoms with Gasteiger partial charge in [0.15, 0.2) is 0 Å². The van der Waals surface area contributed by atoms with Crippen LogP contribution >= 0.6 is 0 Å². The third-order valence-electron chi connectivity index (χ3n) is 3.00. The number of nitrogens with zero attached hydrogens (tertiary/aromatic N) is 2. The van der Waals surface area contributed by atoms with Crippen LogP contribution < -0.4 is 11.2 Å². The average molecular weight is 275 g/mol. The van der Waals surface area contributed by atoms with Gasteiger partial charge in [-0.3, -0.25) is 24.5 Å². The lowest BCUT2D eigenvalue weighted by Gasteiger charge is -2.06. The second kappa shape index (κ2) is 5.52. The molecular weight excluding hydrogens is 262 g/mol. The van der Waals surface area contributed by atoms with Crippen molar-refractivity contribution in [2.24, 2.45) is 0 Å². The maximum atomic E-state index is 11.6. The Kier molecular flexibility index (Phi) is 3.79. The van der Waals surface area contributed by atoms with Gasteiger partial charge in [-0.1, -0.05) is 18.2 Å². The number of H-pyrrole nitrogens is 1. The molecule has 7 nitrogen and oxygen atoms in total. The van der Waals surface area contributed by atoms with E-state index < -0.39 is 16.2 Å². The molecule has 1 heterocycles. The monoisotopic (exact) mass is 275 g/mol. The Labute approximate surface area is 113 Å². The van der Waals surface area contributed by atoms with Crippen molar-refractivity contribution in [2.45, 2.75) is 19.9 Å². The van der Waals surface area contributed by atoms with Gasteiger partial charge in [-0.2, -0.15) is 0 Å². The summed E-state index contributed by atoms with van der Waals surface area (Å²) in [6, 6.07) is 6.39. The van der Waals surface area contributed by atoms with Gasteiger partial charge >= 0.3 is 5.69 Å². The lowest BCUT2D eigenvalue weighted by molar-refractivity contribution is -0.385. The molecule has 0 amide bonds. The van der Waals surface area contributed by atoms with Gasteiger partial charge in [-0.05, 0) is 13.3 Å². The molecular formula is C13H13N3O4. The van der Waals surface area contributed by atoms with Crippen LogP contribution in [0.3, 0.4) is 0 Å². The highest BCUT2D eigenvalue weighted by Gasteiger charge is 2.12. The molecule has 0 aliphatic heterocycles. The maximum Gasteiger partial charge on any atom is 0.328 e. The van der Waals surface area contributed by atoms with E-state index in [4.69, 9.17) is 0 Å². The molecule has 2 aromatic rings. The zero-order valence-corrected chi connectivity index (χ0v) is 10.8. The molecule has 2 rings (SSSR count). The third-order valence-corrected chi connectivity index (χ3v) is 3.00. The van der Waals surface area contributed by atoms with Gasteiger partial charge in [0.25, 0.3) is 11.2 Å². The van der Waals surface area contributed by atoms with Crippen molar-refractivity contribution in [1.29, 1.82) is 0 Å². The fourth-order valence-corrected chi connectivity index (χ4v) is 1.93. The van der Waals surface area contributed by atoms with Crippen LogP contribution in [-0.2, 0) is 13.0 Å². The molecule has 104 valence electrons. The molecule has 0 saturated carbocycles. The fraction of sp³-hybridized carbons (Fsp3) is 0.231. The van der Waals surface area contributed by atoms with Gasteiger partial charge in [0.2, 0.25) is 0 Å². The second-order valence-corrected chi connectivity index (χ2v) is 4.40. The molecule has 0 saturated heterocycles. The number of hydrogen-bond acceptors (Lipinski definition) is 4. The molecule has 0 unspecified atom stereocenters. The predicted octanol–water partition coefficient (Wildman–Crippen LogP) is 0.996. The quantitative estimate of drug-likeness (QED) is 0.664. The van der Waals surface area contributed by atoms with E-state index in [0.29, 0.717) is 17.5 Å². The summed E-state index contributed by atoms with van der Waals surface area (Å²) >= 11 is 0. The van der Waals surface area contributed by atoms with E-state index in [1.807, 2.05) is 0 Å². The second-order valence-electron chi connectivity index (χ2n) is 4.40. The third kappa shape index (κ3) is 2.82. The summed E-state index contributed by atoms with van der Waals surface area (Å²) in [6.45, 7) is 1.86. The standard InChI is InChI=1S/C13H13N3O4/c1-9-8-15(13(18)14-12(9)17)7-6-10-4-2-3-5-11(10)16(19)20/h2-5,8H,6-7H2,1H3,(H,14,17,18). The van der Waals surface area contributed by atoms with Crippen molar-refractivity contribution in [1.82, 2.24) is 9.55 Å². The van der Waals surface area contributed by atoms with Gasteiger partial charge in [-0.15, -0.1) is 0 Å². The Morgan fingerprint density at radius 1 is 1.30 bits per heavy atom. The van der Waals surface area contributed by atoms with Crippen LogP contribution in [0.1, 0.15) is 11.1 Å². The van der Waals surface area contributed by atoms with Gasteiger partial charge in [-0.25, -0.2) is 4.79 Å². The number of nitrogens with one attached hydrogen (secondary N) is 1. The van der Waals surface area contributed by atoms with Crippen molar-refractivity contribution < 1.29 is 4.92 Å². The number of aromatic nitrogens is 2. The minimum atomic E-state index is -0.515. The van der Waals surface area contributed by atoms with E-state index in [-0.39, 0.29) is 12.2 Å². The molecule has 0 aliphatic rings. The Bertz CT molecular complexity index is 761.